The van der Waals surface area contributed by atoms with E-state index in [0.29, 0.717) is 53.8 Å². The first kappa shape index (κ1) is 25.0. The van der Waals surface area contributed by atoms with Crippen LogP contribution in [0, 0.1) is 0 Å². The van der Waals surface area contributed by atoms with Crippen molar-refractivity contribution in [2.24, 2.45) is 0 Å². The fraction of sp³-hybridized carbons (Fsp3) is 0.385. The largest absolute Gasteiger partial charge is 0.507 e. The second kappa shape index (κ2) is 11.1. The molecule has 2 saturated heterocycles. The van der Waals surface area contributed by atoms with Gasteiger partial charge in [0.1, 0.15) is 17.3 Å². The van der Waals surface area contributed by atoms with Crippen LogP contribution in [0.15, 0.2) is 48.0 Å². The number of halogens is 1. The predicted octanol–water partition coefficient (Wildman–Crippen LogP) is 3.50. The lowest BCUT2D eigenvalue weighted by atomic mass is 9.94. The summed E-state index contributed by atoms with van der Waals surface area (Å²) in [6, 6.07) is 10.8. The summed E-state index contributed by atoms with van der Waals surface area (Å²) in [7, 11) is 3.06. The maximum absolute atomic E-state index is 13.3. The molecule has 35 heavy (non-hydrogen) atoms. The minimum Gasteiger partial charge on any atom is -0.507 e. The molecule has 1 amide bonds. The van der Waals surface area contributed by atoms with Gasteiger partial charge < -0.3 is 24.2 Å². The number of rotatable bonds is 8. The molecule has 2 aliphatic rings. The standard InChI is InChI=1S/C26H29ClN2O6/c1-33-19-8-9-21(34-2)20(16-19)23-22(24(30)17-4-6-18(27)7-5-17)25(31)26(32)29(23)11-3-10-28-12-14-35-15-13-28/h4-9,16,23,30H,3,10-15H2,1-2H3/t23-/m0/s1. The number of hydrogen-bond acceptors (Lipinski definition) is 7. The molecule has 2 aliphatic heterocycles. The maximum Gasteiger partial charge on any atom is 0.295 e. The van der Waals surface area contributed by atoms with E-state index in [1.54, 1.807) is 49.6 Å². The molecular formula is C26H29ClN2O6. The van der Waals surface area contributed by atoms with E-state index >= 15 is 0 Å². The molecule has 2 aromatic carbocycles. The van der Waals surface area contributed by atoms with Gasteiger partial charge in [-0.3, -0.25) is 14.5 Å². The summed E-state index contributed by atoms with van der Waals surface area (Å²) in [4.78, 5) is 30.3. The van der Waals surface area contributed by atoms with Crippen LogP contribution < -0.4 is 9.47 Å². The highest BCUT2D eigenvalue weighted by Gasteiger charge is 2.47. The molecule has 8 nitrogen and oxygen atoms in total. The Hall–Kier alpha value is -3.07. The van der Waals surface area contributed by atoms with Gasteiger partial charge in [0.25, 0.3) is 11.7 Å². The number of carbonyl (C=O) groups excluding carboxylic acids is 2. The van der Waals surface area contributed by atoms with Gasteiger partial charge in [0.15, 0.2) is 0 Å². The Morgan fingerprint density at radius 2 is 1.77 bits per heavy atom. The SMILES string of the molecule is COc1ccc(OC)c([C@H]2C(=C(O)c3ccc(Cl)cc3)C(=O)C(=O)N2CCCN2CCOCC2)c1. The number of ketones is 1. The average Bonchev–Trinajstić information content (AvgIpc) is 3.14. The van der Waals surface area contributed by atoms with E-state index in [1.807, 2.05) is 0 Å². The molecule has 0 spiro atoms. The zero-order valence-electron chi connectivity index (χ0n) is 19.8. The molecule has 1 atom stereocenters. The smallest absolute Gasteiger partial charge is 0.295 e. The van der Waals surface area contributed by atoms with Crippen LogP contribution in [0.4, 0.5) is 0 Å². The first-order chi connectivity index (χ1) is 16.9. The highest BCUT2D eigenvalue weighted by atomic mass is 35.5. The van der Waals surface area contributed by atoms with Crippen molar-refractivity contribution in [3.8, 4) is 11.5 Å². The monoisotopic (exact) mass is 500 g/mol. The Labute approximate surface area is 209 Å². The van der Waals surface area contributed by atoms with E-state index in [1.165, 1.54) is 12.0 Å². The van der Waals surface area contributed by atoms with Crippen LogP contribution in [0.3, 0.4) is 0 Å². The zero-order valence-corrected chi connectivity index (χ0v) is 20.6. The normalized spacial score (nSPS) is 20.3. The summed E-state index contributed by atoms with van der Waals surface area (Å²) in [6.45, 7) is 4.15. The van der Waals surface area contributed by atoms with E-state index in [0.717, 1.165) is 19.6 Å². The molecule has 0 aliphatic carbocycles. The third kappa shape index (κ3) is 5.29. The number of aliphatic hydroxyl groups excluding tert-OH is 1. The van der Waals surface area contributed by atoms with Crippen LogP contribution in [-0.2, 0) is 14.3 Å². The minimum absolute atomic E-state index is 0.00949. The predicted molar refractivity (Wildman–Crippen MR) is 132 cm³/mol. The molecule has 0 radical (unpaired) electrons. The van der Waals surface area contributed by atoms with Crippen molar-refractivity contribution in [1.29, 1.82) is 0 Å². The molecule has 4 rings (SSSR count). The number of benzene rings is 2. The van der Waals surface area contributed by atoms with Gasteiger partial charge in [0, 0.05) is 42.3 Å². The summed E-state index contributed by atoms with van der Waals surface area (Å²) < 4.78 is 16.4. The van der Waals surface area contributed by atoms with Gasteiger partial charge in [-0.2, -0.15) is 0 Å². The molecule has 9 heteroatoms. The van der Waals surface area contributed by atoms with E-state index < -0.39 is 17.7 Å². The van der Waals surface area contributed by atoms with Crippen LogP contribution in [0.2, 0.25) is 5.02 Å². The molecule has 2 aromatic rings. The second-order valence-corrected chi connectivity index (χ2v) is 8.85. The fourth-order valence-electron chi connectivity index (χ4n) is 4.54. The minimum atomic E-state index is -0.833. The number of carbonyl (C=O) groups is 2. The molecule has 2 fully saturated rings. The topological polar surface area (TPSA) is 88.5 Å². The fourth-order valence-corrected chi connectivity index (χ4v) is 4.67. The molecule has 0 bridgehead atoms. The lowest BCUT2D eigenvalue weighted by molar-refractivity contribution is -0.140. The Morgan fingerprint density at radius 1 is 1.06 bits per heavy atom. The van der Waals surface area contributed by atoms with Crippen LogP contribution in [0.25, 0.3) is 5.76 Å². The number of aliphatic hydroxyl groups is 1. The number of hydrogen-bond donors (Lipinski definition) is 1. The molecule has 2 heterocycles. The van der Waals surface area contributed by atoms with Crippen molar-refractivity contribution in [2.75, 3.05) is 53.6 Å². The van der Waals surface area contributed by atoms with Crippen LogP contribution in [0.5, 0.6) is 11.5 Å². The first-order valence-electron chi connectivity index (χ1n) is 11.5. The number of ether oxygens (including phenoxy) is 3. The van der Waals surface area contributed by atoms with Gasteiger partial charge in [-0.15, -0.1) is 0 Å². The molecular weight excluding hydrogens is 472 g/mol. The number of morpholine rings is 1. The summed E-state index contributed by atoms with van der Waals surface area (Å²) in [5, 5.41) is 11.7. The van der Waals surface area contributed by atoms with Gasteiger partial charge in [-0.25, -0.2) is 0 Å². The number of nitrogens with zero attached hydrogens (tertiary/aromatic N) is 2. The number of Topliss-reactive ketones (excluding diaryl/α,β-unsaturated/α-hetero) is 1. The van der Waals surface area contributed by atoms with Crippen molar-refractivity contribution < 1.29 is 28.9 Å². The molecule has 0 saturated carbocycles. The molecule has 186 valence electrons. The van der Waals surface area contributed by atoms with Crippen LogP contribution in [-0.4, -0.2) is 80.2 Å². The average molecular weight is 501 g/mol. The molecule has 0 unspecified atom stereocenters. The number of amides is 1. The summed E-state index contributed by atoms with van der Waals surface area (Å²) in [6.07, 6.45) is 0.663. The van der Waals surface area contributed by atoms with Gasteiger partial charge >= 0.3 is 0 Å². The van der Waals surface area contributed by atoms with E-state index in [-0.39, 0.29) is 11.3 Å². The Balaban J connectivity index is 1.75. The summed E-state index contributed by atoms with van der Waals surface area (Å²) in [5.74, 6) is -0.620. The highest BCUT2D eigenvalue weighted by Crippen LogP contribution is 2.44. The van der Waals surface area contributed by atoms with Crippen molar-refractivity contribution >= 4 is 29.1 Å². The van der Waals surface area contributed by atoms with Gasteiger partial charge in [0.2, 0.25) is 0 Å². The Bertz CT molecular complexity index is 1110. The van der Waals surface area contributed by atoms with Crippen molar-refractivity contribution in [1.82, 2.24) is 9.80 Å². The lowest BCUT2D eigenvalue weighted by Crippen LogP contribution is -2.39. The van der Waals surface area contributed by atoms with Gasteiger partial charge in [0.05, 0.1) is 39.0 Å². The highest BCUT2D eigenvalue weighted by molar-refractivity contribution is 6.46. The van der Waals surface area contributed by atoms with Crippen molar-refractivity contribution in [3.63, 3.8) is 0 Å². The molecule has 0 aromatic heterocycles. The van der Waals surface area contributed by atoms with Gasteiger partial charge in [-0.1, -0.05) is 11.6 Å². The van der Waals surface area contributed by atoms with Gasteiger partial charge in [-0.05, 0) is 48.9 Å². The van der Waals surface area contributed by atoms with E-state index in [4.69, 9.17) is 25.8 Å². The lowest BCUT2D eigenvalue weighted by Gasteiger charge is -2.29. The third-order valence-electron chi connectivity index (χ3n) is 6.37. The number of methoxy groups -OCH3 is 2. The van der Waals surface area contributed by atoms with E-state index in [2.05, 4.69) is 4.90 Å². The molecule has 1 N–H and O–H groups in total. The Morgan fingerprint density at radius 3 is 2.43 bits per heavy atom. The number of likely N-dealkylation sites (tertiary alicyclic amines) is 1. The van der Waals surface area contributed by atoms with Crippen LogP contribution >= 0.6 is 11.6 Å². The third-order valence-corrected chi connectivity index (χ3v) is 6.62. The zero-order chi connectivity index (χ0) is 24.9. The van der Waals surface area contributed by atoms with Crippen molar-refractivity contribution in [3.05, 3.63) is 64.2 Å². The quantitative estimate of drug-likeness (QED) is 0.337. The first-order valence-corrected chi connectivity index (χ1v) is 11.9. The van der Waals surface area contributed by atoms with Crippen molar-refractivity contribution in [2.45, 2.75) is 12.5 Å². The summed E-state index contributed by atoms with van der Waals surface area (Å²) >= 11 is 6.00. The maximum atomic E-state index is 13.3. The second-order valence-electron chi connectivity index (χ2n) is 8.41. The Kier molecular flexibility index (Phi) is 7.95. The summed E-state index contributed by atoms with van der Waals surface area (Å²) in [5.41, 5.74) is 0.968. The van der Waals surface area contributed by atoms with Crippen LogP contribution in [0.1, 0.15) is 23.6 Å². The van der Waals surface area contributed by atoms with E-state index in [9.17, 15) is 14.7 Å².